The fourth-order valence-corrected chi connectivity index (χ4v) is 3.74. The van der Waals surface area contributed by atoms with Crippen molar-refractivity contribution in [1.82, 2.24) is 20.1 Å². The summed E-state index contributed by atoms with van der Waals surface area (Å²) in [7, 11) is 1.86. The Morgan fingerprint density at radius 3 is 2.47 bits per heavy atom. The molecule has 0 bridgehead atoms. The van der Waals surface area contributed by atoms with Crippen molar-refractivity contribution >= 4 is 11.7 Å². The third-order valence-electron chi connectivity index (χ3n) is 5.84. The Morgan fingerprint density at radius 1 is 1.03 bits per heavy atom. The summed E-state index contributed by atoms with van der Waals surface area (Å²) in [6.07, 6.45) is 5.39. The van der Waals surface area contributed by atoms with Crippen molar-refractivity contribution in [2.45, 2.75) is 25.8 Å². The van der Waals surface area contributed by atoms with E-state index in [-0.39, 0.29) is 17.6 Å². The lowest BCUT2D eigenvalue weighted by atomic mass is 9.98. The van der Waals surface area contributed by atoms with Crippen LogP contribution in [0.3, 0.4) is 0 Å². The number of halogens is 1. The molecule has 4 rings (SSSR count). The lowest BCUT2D eigenvalue weighted by molar-refractivity contribution is -0.118. The molecule has 0 saturated carbocycles. The summed E-state index contributed by atoms with van der Waals surface area (Å²) >= 11 is 0. The molecule has 174 valence electrons. The highest BCUT2D eigenvalue weighted by molar-refractivity contribution is 5.95. The van der Waals surface area contributed by atoms with Crippen LogP contribution in [0.15, 0.2) is 79.3 Å². The summed E-state index contributed by atoms with van der Waals surface area (Å²) in [5.41, 5.74) is 4.22. The first-order valence-corrected chi connectivity index (χ1v) is 11.2. The van der Waals surface area contributed by atoms with Gasteiger partial charge in [0, 0.05) is 37.1 Å². The molecule has 2 aromatic carbocycles. The third kappa shape index (κ3) is 5.55. The average Bonchev–Trinajstić information content (AvgIpc) is 3.28. The van der Waals surface area contributed by atoms with Gasteiger partial charge in [-0.15, -0.1) is 0 Å². The first kappa shape index (κ1) is 23.3. The van der Waals surface area contributed by atoms with Crippen LogP contribution < -0.4 is 10.6 Å². The number of anilines is 1. The Labute approximate surface area is 198 Å². The highest BCUT2D eigenvalue weighted by Gasteiger charge is 2.22. The number of benzene rings is 2. The van der Waals surface area contributed by atoms with Gasteiger partial charge in [0.25, 0.3) is 0 Å². The molecule has 0 aliphatic carbocycles. The van der Waals surface area contributed by atoms with E-state index in [1.54, 1.807) is 42.2 Å². The number of nitrogens with one attached hydrogen (secondary N) is 2. The van der Waals surface area contributed by atoms with Crippen LogP contribution in [0.5, 0.6) is 0 Å². The van der Waals surface area contributed by atoms with Crippen LogP contribution >= 0.6 is 0 Å². The second kappa shape index (κ2) is 10.4. The van der Waals surface area contributed by atoms with E-state index in [1.807, 2.05) is 62.6 Å². The Bertz CT molecular complexity index is 1250. The maximum atomic E-state index is 14.0. The number of rotatable bonds is 8. The van der Waals surface area contributed by atoms with E-state index in [9.17, 15) is 9.18 Å². The molecule has 0 aliphatic heterocycles. The third-order valence-corrected chi connectivity index (χ3v) is 5.84. The van der Waals surface area contributed by atoms with E-state index in [2.05, 4.69) is 20.7 Å². The fraction of sp³-hybridized carbons (Fsp3) is 0.222. The van der Waals surface area contributed by atoms with E-state index in [0.29, 0.717) is 17.9 Å². The standard InChI is InChI=1S/C27H28FN5O/c1-18-9-10-21(13-24(18)28)19(2)14-30-26(20-7-5-4-6-8-20)27(34)32-25-12-11-22(15-29-25)23-16-31-33(3)17-23/h4-13,15-17,19,26,30H,14H2,1-3H3,(H,29,32,34)/t19-,26-/m0/s1. The molecule has 0 aliphatic rings. The molecule has 0 saturated heterocycles. The van der Waals surface area contributed by atoms with Crippen LogP contribution in [-0.2, 0) is 11.8 Å². The molecule has 4 aromatic rings. The minimum absolute atomic E-state index is 0.0194. The topological polar surface area (TPSA) is 71.8 Å². The van der Waals surface area contributed by atoms with Gasteiger partial charge >= 0.3 is 0 Å². The van der Waals surface area contributed by atoms with Crippen LogP contribution in [0.1, 0.15) is 35.6 Å². The molecule has 0 spiro atoms. The molecule has 0 radical (unpaired) electrons. The second-order valence-electron chi connectivity index (χ2n) is 8.49. The monoisotopic (exact) mass is 457 g/mol. The number of carbonyl (C=O) groups is 1. The van der Waals surface area contributed by atoms with Crippen molar-refractivity contribution < 1.29 is 9.18 Å². The van der Waals surface area contributed by atoms with Gasteiger partial charge < -0.3 is 10.6 Å². The minimum atomic E-state index is -0.584. The summed E-state index contributed by atoms with van der Waals surface area (Å²) in [5, 5.41) is 10.4. The molecule has 7 heteroatoms. The Morgan fingerprint density at radius 2 is 1.82 bits per heavy atom. The van der Waals surface area contributed by atoms with Gasteiger partial charge in [0.05, 0.1) is 6.20 Å². The van der Waals surface area contributed by atoms with E-state index in [0.717, 1.165) is 22.3 Å². The van der Waals surface area contributed by atoms with Crippen molar-refractivity contribution in [2.75, 3.05) is 11.9 Å². The maximum absolute atomic E-state index is 14.0. The van der Waals surface area contributed by atoms with Crippen LogP contribution in [0.2, 0.25) is 0 Å². The lowest BCUT2D eigenvalue weighted by Gasteiger charge is -2.21. The molecular formula is C27H28FN5O. The zero-order valence-electron chi connectivity index (χ0n) is 19.5. The van der Waals surface area contributed by atoms with Gasteiger partial charge in [0.1, 0.15) is 17.7 Å². The number of pyridine rings is 1. The van der Waals surface area contributed by atoms with Gasteiger partial charge in [0.2, 0.25) is 5.91 Å². The van der Waals surface area contributed by atoms with Crippen molar-refractivity contribution in [3.8, 4) is 11.1 Å². The van der Waals surface area contributed by atoms with Gasteiger partial charge in [-0.2, -0.15) is 5.10 Å². The number of hydrogen-bond donors (Lipinski definition) is 2. The SMILES string of the molecule is Cc1ccc([C@@H](C)CN[C@H](C(=O)Nc2ccc(-c3cnn(C)c3)cn2)c2ccccc2)cc1F. The first-order chi connectivity index (χ1) is 16.4. The normalized spacial score (nSPS) is 12.8. The van der Waals surface area contributed by atoms with Crippen molar-refractivity contribution in [3.05, 3.63) is 102 Å². The summed E-state index contributed by atoms with van der Waals surface area (Å²) in [6, 6.07) is 17.9. The van der Waals surface area contributed by atoms with Crippen molar-refractivity contribution in [3.63, 3.8) is 0 Å². The lowest BCUT2D eigenvalue weighted by Crippen LogP contribution is -2.35. The fourth-order valence-electron chi connectivity index (χ4n) is 3.74. The summed E-state index contributed by atoms with van der Waals surface area (Å²) in [5.74, 6) is 0.0534. The summed E-state index contributed by atoms with van der Waals surface area (Å²) < 4.78 is 15.7. The number of amides is 1. The van der Waals surface area contributed by atoms with E-state index in [1.165, 1.54) is 0 Å². The van der Waals surface area contributed by atoms with Gasteiger partial charge in [-0.3, -0.25) is 9.48 Å². The zero-order chi connectivity index (χ0) is 24.1. The van der Waals surface area contributed by atoms with E-state index >= 15 is 0 Å². The van der Waals surface area contributed by atoms with Gasteiger partial charge in [-0.1, -0.05) is 49.4 Å². The highest BCUT2D eigenvalue weighted by Crippen LogP contribution is 2.22. The van der Waals surface area contributed by atoms with Crippen LogP contribution in [0.4, 0.5) is 10.2 Å². The number of carbonyl (C=O) groups excluding carboxylic acids is 1. The molecule has 2 atom stereocenters. The number of aromatic nitrogens is 3. The van der Waals surface area contributed by atoms with E-state index in [4.69, 9.17) is 0 Å². The van der Waals surface area contributed by atoms with Crippen LogP contribution in [-0.4, -0.2) is 27.2 Å². The molecule has 34 heavy (non-hydrogen) atoms. The Balaban J connectivity index is 1.47. The Kier molecular flexibility index (Phi) is 7.13. The Hall–Kier alpha value is -3.84. The van der Waals surface area contributed by atoms with Gasteiger partial charge in [-0.05, 0) is 47.7 Å². The second-order valence-corrected chi connectivity index (χ2v) is 8.49. The predicted octanol–water partition coefficient (Wildman–Crippen LogP) is 5.00. The molecule has 2 N–H and O–H groups in total. The van der Waals surface area contributed by atoms with Crippen LogP contribution in [0, 0.1) is 12.7 Å². The quantitative estimate of drug-likeness (QED) is 0.391. The molecule has 1 amide bonds. The molecular weight excluding hydrogens is 429 g/mol. The number of nitrogens with zero attached hydrogens (tertiary/aromatic N) is 3. The zero-order valence-corrected chi connectivity index (χ0v) is 19.5. The maximum Gasteiger partial charge on any atom is 0.247 e. The molecule has 0 fully saturated rings. The number of aryl methyl sites for hydroxylation is 2. The van der Waals surface area contributed by atoms with Crippen molar-refractivity contribution in [2.24, 2.45) is 7.05 Å². The average molecular weight is 458 g/mol. The highest BCUT2D eigenvalue weighted by atomic mass is 19.1. The first-order valence-electron chi connectivity index (χ1n) is 11.2. The predicted molar refractivity (Wildman–Crippen MR) is 132 cm³/mol. The molecule has 0 unspecified atom stereocenters. The molecule has 2 heterocycles. The van der Waals surface area contributed by atoms with Crippen LogP contribution in [0.25, 0.3) is 11.1 Å². The summed E-state index contributed by atoms with van der Waals surface area (Å²) in [6.45, 7) is 4.26. The smallest absolute Gasteiger partial charge is 0.247 e. The molecule has 6 nitrogen and oxygen atoms in total. The minimum Gasteiger partial charge on any atom is -0.309 e. The largest absolute Gasteiger partial charge is 0.309 e. The molecule has 2 aromatic heterocycles. The van der Waals surface area contributed by atoms with Gasteiger partial charge in [0.15, 0.2) is 0 Å². The summed E-state index contributed by atoms with van der Waals surface area (Å²) in [4.78, 5) is 17.6. The number of hydrogen-bond acceptors (Lipinski definition) is 4. The van der Waals surface area contributed by atoms with Gasteiger partial charge in [-0.25, -0.2) is 9.37 Å². The van der Waals surface area contributed by atoms with E-state index < -0.39 is 6.04 Å². The van der Waals surface area contributed by atoms with Crippen molar-refractivity contribution in [1.29, 1.82) is 0 Å².